The first-order chi connectivity index (χ1) is 11.2. The monoisotopic (exact) mass is 324 g/mol. The van der Waals surface area contributed by atoms with Gasteiger partial charge in [0.25, 0.3) is 0 Å². The van der Waals surface area contributed by atoms with Crippen LogP contribution in [0.3, 0.4) is 0 Å². The summed E-state index contributed by atoms with van der Waals surface area (Å²) in [7, 11) is 0. The number of Topliss-reactive ketones (excluding diaryl/α,β-unsaturated/α-hetero) is 1. The third-order valence-corrected chi connectivity index (χ3v) is 3.78. The van der Waals surface area contributed by atoms with Crippen molar-refractivity contribution in [3.05, 3.63) is 70.2 Å². The molecule has 0 bridgehead atoms. The van der Waals surface area contributed by atoms with Gasteiger partial charge in [0.2, 0.25) is 5.78 Å². The van der Waals surface area contributed by atoms with Crippen molar-refractivity contribution in [1.82, 2.24) is 14.8 Å². The number of thiophene rings is 1. The minimum Gasteiger partial charge on any atom is -0.288 e. The molecule has 0 aliphatic carbocycles. The largest absolute Gasteiger partial charge is 0.288 e. The van der Waals surface area contributed by atoms with E-state index >= 15 is 0 Å². The lowest BCUT2D eigenvalue weighted by Gasteiger charge is -2.04. The summed E-state index contributed by atoms with van der Waals surface area (Å²) in [5.74, 6) is -0.904. The van der Waals surface area contributed by atoms with Crippen molar-refractivity contribution in [3.63, 3.8) is 0 Å². The third kappa shape index (κ3) is 3.07. The van der Waals surface area contributed by atoms with Crippen LogP contribution in [0.1, 0.15) is 15.9 Å². The zero-order valence-corrected chi connectivity index (χ0v) is 12.5. The van der Waals surface area contributed by atoms with Crippen LogP contribution in [0.4, 0.5) is 4.39 Å². The Hall–Kier alpha value is -3.11. The molecule has 0 saturated carbocycles. The minimum atomic E-state index is -0.524. The summed E-state index contributed by atoms with van der Waals surface area (Å²) in [6.45, 7) is 0. The maximum Gasteiger partial charge on any atom is 0.204 e. The summed E-state index contributed by atoms with van der Waals surface area (Å²) in [5.41, 5.74) is 1.06. The Morgan fingerprint density at radius 1 is 1.39 bits per heavy atom. The van der Waals surface area contributed by atoms with Crippen LogP contribution in [0.15, 0.2) is 53.3 Å². The fraction of sp³-hybridized carbons (Fsp3) is 0. The predicted molar refractivity (Wildman–Crippen MR) is 83.6 cm³/mol. The van der Waals surface area contributed by atoms with E-state index in [1.165, 1.54) is 46.9 Å². The summed E-state index contributed by atoms with van der Waals surface area (Å²) in [6, 6.07) is 7.88. The van der Waals surface area contributed by atoms with Crippen LogP contribution >= 0.6 is 11.3 Å². The van der Waals surface area contributed by atoms with Crippen molar-refractivity contribution in [2.24, 2.45) is 0 Å². The van der Waals surface area contributed by atoms with Gasteiger partial charge in [-0.05, 0) is 35.2 Å². The fourth-order valence-corrected chi connectivity index (χ4v) is 2.63. The van der Waals surface area contributed by atoms with Crippen molar-refractivity contribution in [3.8, 4) is 11.8 Å². The average Bonchev–Trinajstić information content (AvgIpc) is 3.25. The molecule has 0 aliphatic heterocycles. The number of hydrogen-bond donors (Lipinski definition) is 0. The van der Waals surface area contributed by atoms with Crippen LogP contribution < -0.4 is 0 Å². The Morgan fingerprint density at radius 3 is 2.87 bits per heavy atom. The molecular weight excluding hydrogens is 315 g/mol. The molecule has 0 N–H and O–H groups in total. The van der Waals surface area contributed by atoms with Crippen LogP contribution in [-0.2, 0) is 0 Å². The van der Waals surface area contributed by atoms with E-state index in [-0.39, 0.29) is 17.0 Å². The topological polar surface area (TPSA) is 71.6 Å². The number of benzene rings is 1. The standard InChI is InChI=1S/C16H9FN4OS/c17-14-6-11(1-2-15(14)21-10-19-9-20-21)5-13(7-18)16(22)12-3-4-23-8-12/h1-6,8-10H/b13-5-. The quantitative estimate of drug-likeness (QED) is 0.419. The molecule has 112 valence electrons. The normalized spacial score (nSPS) is 11.2. The van der Waals surface area contributed by atoms with E-state index in [4.69, 9.17) is 0 Å². The third-order valence-electron chi connectivity index (χ3n) is 3.10. The molecule has 23 heavy (non-hydrogen) atoms. The molecule has 3 aromatic rings. The molecule has 0 amide bonds. The molecule has 0 radical (unpaired) electrons. The van der Waals surface area contributed by atoms with Crippen LogP contribution in [0.25, 0.3) is 11.8 Å². The van der Waals surface area contributed by atoms with Crippen molar-refractivity contribution < 1.29 is 9.18 Å². The highest BCUT2D eigenvalue weighted by atomic mass is 32.1. The Balaban J connectivity index is 1.94. The SMILES string of the molecule is N#C/C(=C/c1ccc(-n2cncn2)c(F)c1)C(=O)c1ccsc1. The molecule has 0 saturated heterocycles. The zero-order valence-electron chi connectivity index (χ0n) is 11.7. The number of carbonyl (C=O) groups excluding carboxylic acids is 1. The Bertz CT molecular complexity index is 908. The van der Waals surface area contributed by atoms with E-state index in [0.29, 0.717) is 11.1 Å². The predicted octanol–water partition coefficient (Wildman–Crippen LogP) is 3.26. The first-order valence-electron chi connectivity index (χ1n) is 6.52. The summed E-state index contributed by atoms with van der Waals surface area (Å²) >= 11 is 1.37. The molecule has 0 fully saturated rings. The molecule has 0 unspecified atom stereocenters. The minimum absolute atomic E-state index is 0.0451. The van der Waals surface area contributed by atoms with Gasteiger partial charge in [0.1, 0.15) is 35.8 Å². The van der Waals surface area contributed by atoms with Crippen LogP contribution in [-0.4, -0.2) is 20.5 Å². The van der Waals surface area contributed by atoms with Crippen LogP contribution in [0.5, 0.6) is 0 Å². The number of halogens is 1. The average molecular weight is 324 g/mol. The molecule has 3 rings (SSSR count). The number of allylic oxidation sites excluding steroid dienone is 1. The van der Waals surface area contributed by atoms with Gasteiger partial charge in [0.15, 0.2) is 0 Å². The lowest BCUT2D eigenvalue weighted by atomic mass is 10.0. The van der Waals surface area contributed by atoms with Crippen molar-refractivity contribution in [2.45, 2.75) is 0 Å². The van der Waals surface area contributed by atoms with Gasteiger partial charge in [0.05, 0.1) is 0 Å². The second-order valence-electron chi connectivity index (χ2n) is 4.56. The molecule has 1 aromatic carbocycles. The summed E-state index contributed by atoms with van der Waals surface area (Å²) in [5, 5.41) is 16.5. The highest BCUT2D eigenvalue weighted by Crippen LogP contribution is 2.18. The first-order valence-corrected chi connectivity index (χ1v) is 7.46. The van der Waals surface area contributed by atoms with E-state index in [0.717, 1.165) is 0 Å². The molecule has 0 spiro atoms. The molecular formula is C16H9FN4OS. The number of hydrogen-bond acceptors (Lipinski definition) is 5. The Kier molecular flexibility index (Phi) is 4.08. The van der Waals surface area contributed by atoms with Gasteiger partial charge >= 0.3 is 0 Å². The lowest BCUT2D eigenvalue weighted by Crippen LogP contribution is -2.01. The van der Waals surface area contributed by atoms with Crippen molar-refractivity contribution in [1.29, 1.82) is 5.26 Å². The number of nitrogens with zero attached hydrogens (tertiary/aromatic N) is 4. The van der Waals surface area contributed by atoms with Gasteiger partial charge in [-0.15, -0.1) is 0 Å². The highest BCUT2D eigenvalue weighted by molar-refractivity contribution is 7.08. The Labute approximate surface area is 135 Å². The molecule has 2 aromatic heterocycles. The van der Waals surface area contributed by atoms with Gasteiger partial charge in [-0.25, -0.2) is 14.1 Å². The van der Waals surface area contributed by atoms with Crippen molar-refractivity contribution >= 4 is 23.2 Å². The highest BCUT2D eigenvalue weighted by Gasteiger charge is 2.13. The van der Waals surface area contributed by atoms with Crippen molar-refractivity contribution in [2.75, 3.05) is 0 Å². The maximum atomic E-state index is 14.2. The van der Waals surface area contributed by atoms with Gasteiger partial charge < -0.3 is 0 Å². The van der Waals surface area contributed by atoms with Crippen LogP contribution in [0, 0.1) is 17.1 Å². The van der Waals surface area contributed by atoms with E-state index in [9.17, 15) is 14.4 Å². The van der Waals surface area contributed by atoms with Gasteiger partial charge in [0, 0.05) is 10.9 Å². The van der Waals surface area contributed by atoms with Gasteiger partial charge in [-0.2, -0.15) is 21.7 Å². The molecule has 5 nitrogen and oxygen atoms in total. The van der Waals surface area contributed by atoms with E-state index < -0.39 is 5.82 Å². The van der Waals surface area contributed by atoms with E-state index in [2.05, 4.69) is 10.1 Å². The second-order valence-corrected chi connectivity index (χ2v) is 5.34. The second kappa shape index (κ2) is 6.34. The van der Waals surface area contributed by atoms with E-state index in [1.54, 1.807) is 22.9 Å². The lowest BCUT2D eigenvalue weighted by molar-refractivity contribution is 0.104. The van der Waals surface area contributed by atoms with Gasteiger partial charge in [-0.1, -0.05) is 6.07 Å². The molecule has 2 heterocycles. The molecule has 7 heteroatoms. The number of ketones is 1. The summed E-state index contributed by atoms with van der Waals surface area (Å²) in [4.78, 5) is 15.9. The number of rotatable bonds is 4. The summed E-state index contributed by atoms with van der Waals surface area (Å²) in [6.07, 6.45) is 4.06. The zero-order chi connectivity index (χ0) is 16.2. The van der Waals surface area contributed by atoms with Crippen LogP contribution in [0.2, 0.25) is 0 Å². The number of aromatic nitrogens is 3. The number of nitriles is 1. The summed E-state index contributed by atoms with van der Waals surface area (Å²) < 4.78 is 15.5. The van der Waals surface area contributed by atoms with E-state index in [1.807, 2.05) is 6.07 Å². The fourth-order valence-electron chi connectivity index (χ4n) is 2.00. The maximum absolute atomic E-state index is 14.2. The smallest absolute Gasteiger partial charge is 0.204 e. The first kappa shape index (κ1) is 14.8. The number of carbonyl (C=O) groups is 1. The molecule has 0 atom stereocenters. The molecule has 0 aliphatic rings. The van der Waals surface area contributed by atoms with Gasteiger partial charge in [-0.3, -0.25) is 4.79 Å². The Morgan fingerprint density at radius 2 is 2.26 bits per heavy atom.